The number of sulfonamides is 1. The molecule has 0 saturated carbocycles. The first-order valence-electron chi connectivity index (χ1n) is 9.06. The number of hydrogen-bond donors (Lipinski definition) is 1. The summed E-state index contributed by atoms with van der Waals surface area (Å²) >= 11 is 0. The molecule has 0 amide bonds. The molecule has 4 rings (SSSR count). The first-order valence-corrected chi connectivity index (χ1v) is 10.5. The van der Waals surface area contributed by atoms with Crippen LogP contribution < -0.4 is 0 Å². The lowest BCUT2D eigenvalue weighted by molar-refractivity contribution is -0.0656. The molecular weight excluding hydrogens is 376 g/mol. The summed E-state index contributed by atoms with van der Waals surface area (Å²) in [5, 5.41) is 16.0. The zero-order valence-corrected chi connectivity index (χ0v) is 17.0. The monoisotopic (exact) mass is 398 g/mol. The molecule has 2 unspecified atom stereocenters. The summed E-state index contributed by atoms with van der Waals surface area (Å²) in [6.07, 6.45) is 0. The predicted molar refractivity (Wildman–Crippen MR) is 105 cm³/mol. The summed E-state index contributed by atoms with van der Waals surface area (Å²) in [6, 6.07) is 12.9. The Hall–Kier alpha value is -2.51. The van der Waals surface area contributed by atoms with Crippen LogP contribution in [0.25, 0.3) is 0 Å². The molecule has 2 aromatic carbocycles. The highest BCUT2D eigenvalue weighted by Gasteiger charge is 2.65. The lowest BCUT2D eigenvalue weighted by Gasteiger charge is -2.32. The maximum Gasteiger partial charge on any atom is 0.282 e. The lowest BCUT2D eigenvalue weighted by Crippen LogP contribution is -2.48. The van der Waals surface area contributed by atoms with Gasteiger partial charge in [0.25, 0.3) is 10.0 Å². The first-order chi connectivity index (χ1) is 13.0. The lowest BCUT2D eigenvalue weighted by atomic mass is 9.78. The van der Waals surface area contributed by atoms with Crippen LogP contribution in [0.5, 0.6) is 0 Å². The number of nitrogens with zero attached hydrogens (tertiary/aromatic N) is 2. The van der Waals surface area contributed by atoms with Crippen molar-refractivity contribution in [2.75, 3.05) is 0 Å². The van der Waals surface area contributed by atoms with E-state index in [0.29, 0.717) is 11.3 Å². The summed E-state index contributed by atoms with van der Waals surface area (Å²) in [7, 11) is -4.18. The first kappa shape index (κ1) is 18.8. The van der Waals surface area contributed by atoms with Crippen LogP contribution in [0.15, 0.2) is 58.5 Å². The van der Waals surface area contributed by atoms with E-state index < -0.39 is 27.1 Å². The van der Waals surface area contributed by atoms with E-state index in [-0.39, 0.29) is 16.2 Å². The molecule has 146 valence electrons. The van der Waals surface area contributed by atoms with Crippen LogP contribution in [-0.4, -0.2) is 29.4 Å². The van der Waals surface area contributed by atoms with Gasteiger partial charge in [-0.1, -0.05) is 62.7 Å². The molecule has 0 radical (unpaired) electrons. The van der Waals surface area contributed by atoms with Crippen molar-refractivity contribution < 1.29 is 18.3 Å². The van der Waals surface area contributed by atoms with Gasteiger partial charge in [0.1, 0.15) is 5.92 Å². The van der Waals surface area contributed by atoms with Crippen LogP contribution in [0.1, 0.15) is 42.3 Å². The second kappa shape index (κ2) is 5.75. The third-order valence-electron chi connectivity index (χ3n) is 5.33. The smallest absolute Gasteiger partial charge is 0.282 e. The van der Waals surface area contributed by atoms with E-state index in [1.807, 2.05) is 27.7 Å². The summed E-state index contributed by atoms with van der Waals surface area (Å²) in [5.41, 5.74) is -0.808. The molecule has 2 atom stereocenters. The number of carbonyl (C=O) groups excluding carboxylic acids is 1. The molecule has 2 aromatic rings. The standard InChI is InChI=1S/C21H22N2O4S/c1-13-9-11-14(12-10-13)28(26,27)23-21(25)16-8-6-5-7-15(16)18(24)17(21)19(22-23)20(2,3)4/h5-12,17,25H,1-4H3. The van der Waals surface area contributed by atoms with Crippen molar-refractivity contribution >= 4 is 21.5 Å². The number of aryl methyl sites for hydroxylation is 1. The molecule has 0 fully saturated rings. The van der Waals surface area contributed by atoms with Gasteiger partial charge in [0.2, 0.25) is 5.72 Å². The fraction of sp³-hybridized carbons (Fsp3) is 0.333. The number of benzene rings is 2. The number of ketones is 1. The minimum absolute atomic E-state index is 0.0148. The van der Waals surface area contributed by atoms with Gasteiger partial charge in [-0.05, 0) is 19.1 Å². The van der Waals surface area contributed by atoms with Gasteiger partial charge in [-0.3, -0.25) is 4.79 Å². The average molecular weight is 398 g/mol. The van der Waals surface area contributed by atoms with Gasteiger partial charge >= 0.3 is 0 Å². The average Bonchev–Trinajstić information content (AvgIpc) is 3.06. The molecule has 1 N–H and O–H groups in total. The van der Waals surface area contributed by atoms with Gasteiger partial charge in [0, 0.05) is 16.5 Å². The van der Waals surface area contributed by atoms with E-state index in [9.17, 15) is 18.3 Å². The molecule has 1 aliphatic heterocycles. The van der Waals surface area contributed by atoms with E-state index in [0.717, 1.165) is 9.98 Å². The number of aliphatic hydroxyl groups is 1. The second-order valence-electron chi connectivity index (χ2n) is 8.37. The van der Waals surface area contributed by atoms with Crippen LogP contribution >= 0.6 is 0 Å². The van der Waals surface area contributed by atoms with Gasteiger partial charge in [-0.15, -0.1) is 4.41 Å². The van der Waals surface area contributed by atoms with E-state index in [2.05, 4.69) is 5.10 Å². The minimum Gasteiger partial charge on any atom is -0.364 e. The SMILES string of the molecule is Cc1ccc(S(=O)(=O)N2N=C(C(C)(C)C)C3C(=O)c4ccccc4C32O)cc1. The fourth-order valence-corrected chi connectivity index (χ4v) is 5.35. The molecule has 28 heavy (non-hydrogen) atoms. The maximum atomic E-state index is 13.4. The van der Waals surface area contributed by atoms with Crippen molar-refractivity contribution in [3.05, 3.63) is 65.2 Å². The van der Waals surface area contributed by atoms with Crippen LogP contribution in [0.2, 0.25) is 0 Å². The summed E-state index contributed by atoms with van der Waals surface area (Å²) < 4.78 is 27.6. The van der Waals surface area contributed by atoms with Crippen molar-refractivity contribution in [2.24, 2.45) is 16.4 Å². The quantitative estimate of drug-likeness (QED) is 0.842. The van der Waals surface area contributed by atoms with E-state index in [1.54, 1.807) is 36.4 Å². The summed E-state index contributed by atoms with van der Waals surface area (Å²) in [4.78, 5) is 13.1. The Bertz CT molecular complexity index is 1110. The van der Waals surface area contributed by atoms with Crippen molar-refractivity contribution in [2.45, 2.75) is 38.3 Å². The number of hydrogen-bond acceptors (Lipinski definition) is 5. The molecule has 0 bridgehead atoms. The van der Waals surface area contributed by atoms with Crippen LogP contribution in [0.3, 0.4) is 0 Å². The maximum absolute atomic E-state index is 13.4. The predicted octanol–water partition coefficient (Wildman–Crippen LogP) is 3.06. The second-order valence-corrected chi connectivity index (χ2v) is 10.1. The van der Waals surface area contributed by atoms with E-state index in [1.165, 1.54) is 12.1 Å². The highest BCUT2D eigenvalue weighted by Crippen LogP contribution is 2.52. The number of Topliss-reactive ketones (excluding diaryl/α,β-unsaturated/α-hetero) is 1. The van der Waals surface area contributed by atoms with Crippen LogP contribution in [0, 0.1) is 18.3 Å². The highest BCUT2D eigenvalue weighted by molar-refractivity contribution is 7.89. The van der Waals surface area contributed by atoms with Crippen molar-refractivity contribution in [3.63, 3.8) is 0 Å². The van der Waals surface area contributed by atoms with Gasteiger partial charge in [-0.2, -0.15) is 13.5 Å². The van der Waals surface area contributed by atoms with Gasteiger partial charge in [0.15, 0.2) is 5.78 Å². The highest BCUT2D eigenvalue weighted by atomic mass is 32.2. The van der Waals surface area contributed by atoms with E-state index in [4.69, 9.17) is 0 Å². The van der Waals surface area contributed by atoms with Gasteiger partial charge in [0.05, 0.1) is 10.6 Å². The topological polar surface area (TPSA) is 87.0 Å². The molecule has 0 saturated heterocycles. The Morgan fingerprint density at radius 2 is 1.68 bits per heavy atom. The Labute approximate surface area is 164 Å². The van der Waals surface area contributed by atoms with Gasteiger partial charge < -0.3 is 5.11 Å². The molecule has 6 nitrogen and oxygen atoms in total. The normalized spacial score (nSPS) is 24.2. The van der Waals surface area contributed by atoms with Gasteiger partial charge in [-0.25, -0.2) is 0 Å². The summed E-state index contributed by atoms with van der Waals surface area (Å²) in [5.74, 6) is -1.38. The molecule has 2 aliphatic rings. The molecular formula is C21H22N2O4S. The molecule has 0 spiro atoms. The number of hydrazone groups is 1. The number of carbonyl (C=O) groups is 1. The minimum atomic E-state index is -4.18. The molecule has 7 heteroatoms. The van der Waals surface area contributed by atoms with Crippen LogP contribution in [0.4, 0.5) is 0 Å². The van der Waals surface area contributed by atoms with Crippen molar-refractivity contribution in [1.29, 1.82) is 0 Å². The third-order valence-corrected chi connectivity index (χ3v) is 7.02. The van der Waals surface area contributed by atoms with Crippen molar-refractivity contribution in [1.82, 2.24) is 4.41 Å². The van der Waals surface area contributed by atoms with Crippen LogP contribution in [-0.2, 0) is 15.7 Å². The molecule has 1 heterocycles. The van der Waals surface area contributed by atoms with E-state index >= 15 is 0 Å². The largest absolute Gasteiger partial charge is 0.364 e. The zero-order valence-electron chi connectivity index (χ0n) is 16.2. The Morgan fingerprint density at radius 1 is 1.07 bits per heavy atom. The third kappa shape index (κ3) is 2.39. The zero-order chi connectivity index (χ0) is 20.5. The Kier molecular flexibility index (Phi) is 3.87. The van der Waals surface area contributed by atoms with Crippen molar-refractivity contribution in [3.8, 4) is 0 Å². The number of fused-ring (bicyclic) bond motifs is 3. The molecule has 0 aromatic heterocycles. The Morgan fingerprint density at radius 3 is 2.29 bits per heavy atom. The summed E-state index contributed by atoms with van der Waals surface area (Å²) in [6.45, 7) is 7.41. The number of rotatable bonds is 2. The fourth-order valence-electron chi connectivity index (χ4n) is 3.90. The molecule has 1 aliphatic carbocycles. The Balaban J connectivity index is 1.98.